The zero-order valence-electron chi connectivity index (χ0n) is 5.20. The van der Waals surface area contributed by atoms with Crippen LogP contribution in [-0.2, 0) is 4.74 Å². The van der Waals surface area contributed by atoms with E-state index in [-0.39, 0.29) is 5.25 Å². The molecule has 1 aliphatic heterocycles. The quantitative estimate of drug-likeness (QED) is 0.409. The molecule has 1 rings (SSSR count). The molecule has 1 fully saturated rings. The normalized spacial score (nSPS) is 32.1. The highest BCUT2D eigenvalue weighted by Gasteiger charge is 2.17. The lowest BCUT2D eigenvalue weighted by atomic mass is 10.5. The van der Waals surface area contributed by atoms with Gasteiger partial charge in [0.05, 0.1) is 11.9 Å². The molecule has 52 valence electrons. The van der Waals surface area contributed by atoms with Gasteiger partial charge in [0.25, 0.3) is 0 Å². The molecular formula is C5H9NO2S. The molecule has 1 saturated heterocycles. The van der Waals surface area contributed by atoms with Crippen molar-refractivity contribution in [3.63, 3.8) is 0 Å². The lowest BCUT2D eigenvalue weighted by Crippen LogP contribution is -2.24. The minimum atomic E-state index is 0.212. The second-order valence-electron chi connectivity index (χ2n) is 1.80. The van der Waals surface area contributed by atoms with Crippen LogP contribution in [0.3, 0.4) is 0 Å². The van der Waals surface area contributed by atoms with Crippen LogP contribution < -0.4 is 0 Å². The van der Waals surface area contributed by atoms with Gasteiger partial charge < -0.3 is 9.94 Å². The lowest BCUT2D eigenvalue weighted by Gasteiger charge is -2.18. The summed E-state index contributed by atoms with van der Waals surface area (Å²) >= 11 is 1.73. The molecule has 1 aliphatic rings. The van der Waals surface area contributed by atoms with Crippen LogP contribution in [0, 0.1) is 0 Å². The van der Waals surface area contributed by atoms with Gasteiger partial charge in [-0.1, -0.05) is 5.16 Å². The molecule has 0 aromatic rings. The van der Waals surface area contributed by atoms with Crippen molar-refractivity contribution < 1.29 is 9.94 Å². The molecule has 0 aromatic carbocycles. The van der Waals surface area contributed by atoms with Gasteiger partial charge in [-0.3, -0.25) is 0 Å². The van der Waals surface area contributed by atoms with Crippen molar-refractivity contribution in [2.75, 3.05) is 12.4 Å². The van der Waals surface area contributed by atoms with Gasteiger partial charge in [-0.2, -0.15) is 0 Å². The first-order valence-corrected chi connectivity index (χ1v) is 3.86. The number of ether oxygens (including phenoxy) is 1. The van der Waals surface area contributed by atoms with Gasteiger partial charge in [-0.15, -0.1) is 11.8 Å². The fourth-order valence-corrected chi connectivity index (χ4v) is 1.46. The summed E-state index contributed by atoms with van der Waals surface area (Å²) in [5, 5.41) is 11.5. The maximum atomic E-state index is 8.31. The summed E-state index contributed by atoms with van der Waals surface area (Å²) in [5.41, 5.74) is 0. The summed E-state index contributed by atoms with van der Waals surface area (Å²) in [4.78, 5) is 0. The number of hydrogen-bond donors (Lipinski definition) is 1. The Balaban J connectivity index is 2.49. The molecule has 0 saturated carbocycles. The highest BCUT2D eigenvalue weighted by Crippen LogP contribution is 2.17. The Morgan fingerprint density at radius 1 is 1.89 bits per heavy atom. The summed E-state index contributed by atoms with van der Waals surface area (Å²) in [6.07, 6.45) is 0. The third-order valence-electron chi connectivity index (χ3n) is 1.15. The molecule has 0 bridgehead atoms. The maximum absolute atomic E-state index is 8.31. The van der Waals surface area contributed by atoms with Gasteiger partial charge in [0, 0.05) is 5.75 Å². The van der Waals surface area contributed by atoms with E-state index >= 15 is 0 Å². The fourth-order valence-electron chi connectivity index (χ4n) is 0.670. The van der Waals surface area contributed by atoms with E-state index in [0.29, 0.717) is 12.5 Å². The Labute approximate surface area is 58.1 Å². The van der Waals surface area contributed by atoms with Crippen molar-refractivity contribution in [1.82, 2.24) is 0 Å². The summed E-state index contributed by atoms with van der Waals surface area (Å²) in [7, 11) is 0. The molecule has 0 spiro atoms. The second kappa shape index (κ2) is 2.96. The number of nitrogens with zero attached hydrogens (tertiary/aromatic N) is 1. The van der Waals surface area contributed by atoms with E-state index in [9.17, 15) is 0 Å². The number of hydrogen-bond acceptors (Lipinski definition) is 4. The minimum Gasteiger partial charge on any atom is -0.477 e. The predicted molar refractivity (Wildman–Crippen MR) is 37.1 cm³/mol. The van der Waals surface area contributed by atoms with Crippen LogP contribution in [0.1, 0.15) is 6.92 Å². The maximum Gasteiger partial charge on any atom is 0.238 e. The molecule has 9 heavy (non-hydrogen) atoms. The first kappa shape index (κ1) is 6.74. The van der Waals surface area contributed by atoms with Crippen LogP contribution in [0.4, 0.5) is 0 Å². The van der Waals surface area contributed by atoms with Crippen LogP contribution in [0.5, 0.6) is 0 Å². The van der Waals surface area contributed by atoms with E-state index in [1.54, 1.807) is 11.8 Å². The molecule has 1 unspecified atom stereocenters. The first-order valence-electron chi connectivity index (χ1n) is 2.81. The molecule has 0 aromatic heterocycles. The van der Waals surface area contributed by atoms with Gasteiger partial charge in [0.2, 0.25) is 5.90 Å². The number of rotatable bonds is 0. The highest BCUT2D eigenvalue weighted by molar-refractivity contribution is 8.00. The van der Waals surface area contributed by atoms with E-state index in [4.69, 9.17) is 9.94 Å². The average Bonchev–Trinajstić information content (AvgIpc) is 1.89. The third-order valence-corrected chi connectivity index (χ3v) is 2.25. The summed E-state index contributed by atoms with van der Waals surface area (Å²) < 4.78 is 5.02. The summed E-state index contributed by atoms with van der Waals surface area (Å²) in [5.74, 6) is 1.44. The van der Waals surface area contributed by atoms with Crippen molar-refractivity contribution in [2.24, 2.45) is 5.16 Å². The molecule has 1 atom stereocenters. The van der Waals surface area contributed by atoms with E-state index in [0.717, 1.165) is 5.75 Å². The van der Waals surface area contributed by atoms with Crippen LogP contribution in [-0.4, -0.2) is 28.7 Å². The third kappa shape index (κ3) is 1.51. The van der Waals surface area contributed by atoms with Crippen LogP contribution in [0.2, 0.25) is 0 Å². The van der Waals surface area contributed by atoms with Gasteiger partial charge in [0.15, 0.2) is 0 Å². The van der Waals surface area contributed by atoms with Crippen LogP contribution >= 0.6 is 11.8 Å². The standard InChI is InChI=1S/C5H9NO2S/c1-4-5(6-7)8-2-3-9-4/h4,7H,2-3H2,1H3. The first-order chi connectivity index (χ1) is 4.34. The summed E-state index contributed by atoms with van der Waals surface area (Å²) in [6, 6.07) is 0. The van der Waals surface area contributed by atoms with Crippen LogP contribution in [0.15, 0.2) is 5.16 Å². The minimum absolute atomic E-state index is 0.212. The lowest BCUT2D eigenvalue weighted by molar-refractivity contribution is 0.257. The highest BCUT2D eigenvalue weighted by atomic mass is 32.2. The Kier molecular flexibility index (Phi) is 2.22. The fraction of sp³-hybridized carbons (Fsp3) is 0.800. The topological polar surface area (TPSA) is 41.8 Å². The Morgan fingerprint density at radius 2 is 2.67 bits per heavy atom. The van der Waals surface area contributed by atoms with Gasteiger partial charge in [0.1, 0.15) is 0 Å². The number of oxime groups is 1. The van der Waals surface area contributed by atoms with Crippen molar-refractivity contribution >= 4 is 17.7 Å². The van der Waals surface area contributed by atoms with Gasteiger partial charge in [-0.05, 0) is 6.92 Å². The molecule has 0 aliphatic carbocycles. The second-order valence-corrected chi connectivity index (χ2v) is 3.25. The van der Waals surface area contributed by atoms with Gasteiger partial charge in [-0.25, -0.2) is 0 Å². The van der Waals surface area contributed by atoms with E-state index in [1.807, 2.05) is 6.92 Å². The van der Waals surface area contributed by atoms with Crippen molar-refractivity contribution in [3.8, 4) is 0 Å². The van der Waals surface area contributed by atoms with Gasteiger partial charge >= 0.3 is 0 Å². The van der Waals surface area contributed by atoms with Crippen molar-refractivity contribution in [1.29, 1.82) is 0 Å². The van der Waals surface area contributed by atoms with E-state index < -0.39 is 0 Å². The smallest absolute Gasteiger partial charge is 0.238 e. The van der Waals surface area contributed by atoms with E-state index in [1.165, 1.54) is 0 Å². The zero-order valence-corrected chi connectivity index (χ0v) is 6.02. The molecule has 1 heterocycles. The average molecular weight is 147 g/mol. The van der Waals surface area contributed by atoms with Crippen molar-refractivity contribution in [3.05, 3.63) is 0 Å². The molecule has 0 amide bonds. The SMILES string of the molecule is CC1SCCOC1=NO. The molecule has 3 nitrogen and oxygen atoms in total. The molecular weight excluding hydrogens is 138 g/mol. The Hall–Kier alpha value is -0.380. The Morgan fingerprint density at radius 3 is 3.11 bits per heavy atom. The zero-order chi connectivity index (χ0) is 6.69. The summed E-state index contributed by atoms with van der Waals surface area (Å²) in [6.45, 7) is 2.62. The molecule has 0 radical (unpaired) electrons. The van der Waals surface area contributed by atoms with Crippen molar-refractivity contribution in [2.45, 2.75) is 12.2 Å². The Bertz CT molecular complexity index is 126. The van der Waals surface area contributed by atoms with Crippen LogP contribution in [0.25, 0.3) is 0 Å². The monoisotopic (exact) mass is 147 g/mol. The molecule has 4 heteroatoms. The molecule has 1 N–H and O–H groups in total. The predicted octanol–water partition coefficient (Wildman–Crippen LogP) is 0.926. The van der Waals surface area contributed by atoms with E-state index in [2.05, 4.69) is 5.16 Å². The largest absolute Gasteiger partial charge is 0.477 e. The number of thioether (sulfide) groups is 1.